The number of carbonyl (C=O) groups excluding carboxylic acids is 1. The lowest BCUT2D eigenvalue weighted by atomic mass is 10.3. The lowest BCUT2D eigenvalue weighted by molar-refractivity contribution is -0.130. The lowest BCUT2D eigenvalue weighted by Gasteiger charge is -2.21. The largest absolute Gasteiger partial charge is 0.342 e. The van der Waals surface area contributed by atoms with Gasteiger partial charge in [0, 0.05) is 13.1 Å². The molecule has 12 heavy (non-hydrogen) atoms. The molecule has 1 aliphatic rings. The van der Waals surface area contributed by atoms with Crippen molar-refractivity contribution in [2.75, 3.05) is 13.1 Å². The van der Waals surface area contributed by atoms with Crippen molar-refractivity contribution in [3.05, 3.63) is 0 Å². The third kappa shape index (κ3) is 2.77. The molecule has 0 saturated heterocycles. The Kier molecular flexibility index (Phi) is 3.56. The molecule has 1 fully saturated rings. The summed E-state index contributed by atoms with van der Waals surface area (Å²) in [5, 5.41) is 0. The molecule has 1 amide bonds. The Bertz CT molecular complexity index is 166. The summed E-state index contributed by atoms with van der Waals surface area (Å²) in [4.78, 5) is 13.4. The number of nitrogens with zero attached hydrogens (tertiary/aromatic N) is 1. The molecule has 0 spiro atoms. The highest BCUT2D eigenvalue weighted by Crippen LogP contribution is 2.29. The van der Waals surface area contributed by atoms with Crippen LogP contribution in [-0.2, 0) is 4.79 Å². The van der Waals surface area contributed by atoms with Crippen molar-refractivity contribution in [2.24, 2.45) is 5.92 Å². The fraction of sp³-hybridized carbons (Fsp3) is 0.889. The number of alkyl halides is 1. The molecule has 0 heterocycles. The van der Waals surface area contributed by atoms with Gasteiger partial charge in [-0.3, -0.25) is 4.79 Å². The number of hydrogen-bond donors (Lipinski definition) is 0. The zero-order chi connectivity index (χ0) is 9.14. The second kappa shape index (κ2) is 4.26. The average Bonchev–Trinajstić information content (AvgIpc) is 2.82. The maximum atomic E-state index is 11.5. The smallest absolute Gasteiger partial charge is 0.236 e. The average molecular weight is 234 g/mol. The van der Waals surface area contributed by atoms with E-state index in [9.17, 15) is 4.79 Å². The molecule has 0 aromatic heterocycles. The van der Waals surface area contributed by atoms with E-state index >= 15 is 0 Å². The van der Waals surface area contributed by atoms with E-state index in [1.165, 1.54) is 12.8 Å². The van der Waals surface area contributed by atoms with Crippen molar-refractivity contribution in [3.8, 4) is 0 Å². The number of rotatable bonds is 4. The van der Waals surface area contributed by atoms with E-state index in [1.54, 1.807) is 0 Å². The van der Waals surface area contributed by atoms with Crippen molar-refractivity contribution in [3.63, 3.8) is 0 Å². The molecule has 1 unspecified atom stereocenters. The van der Waals surface area contributed by atoms with Crippen molar-refractivity contribution < 1.29 is 4.79 Å². The summed E-state index contributed by atoms with van der Waals surface area (Å²) in [5.41, 5.74) is 0. The van der Waals surface area contributed by atoms with Crippen LogP contribution in [0, 0.1) is 5.92 Å². The normalized spacial score (nSPS) is 18.9. The highest BCUT2D eigenvalue weighted by molar-refractivity contribution is 9.10. The van der Waals surface area contributed by atoms with Gasteiger partial charge in [0.15, 0.2) is 0 Å². The number of halogens is 1. The molecule has 0 aliphatic heterocycles. The minimum atomic E-state index is -0.0313. The molecule has 1 rings (SSSR count). The summed E-state index contributed by atoms with van der Waals surface area (Å²) in [6.07, 6.45) is 2.61. The van der Waals surface area contributed by atoms with Gasteiger partial charge < -0.3 is 4.90 Å². The van der Waals surface area contributed by atoms with E-state index in [0.29, 0.717) is 0 Å². The van der Waals surface area contributed by atoms with Gasteiger partial charge in [0.25, 0.3) is 0 Å². The van der Waals surface area contributed by atoms with Gasteiger partial charge in [-0.25, -0.2) is 0 Å². The van der Waals surface area contributed by atoms with Gasteiger partial charge in [-0.15, -0.1) is 0 Å². The van der Waals surface area contributed by atoms with Crippen LogP contribution in [0.1, 0.15) is 26.7 Å². The molecule has 0 aromatic rings. The molecule has 3 heteroatoms. The van der Waals surface area contributed by atoms with Gasteiger partial charge in [0.05, 0.1) is 4.83 Å². The Balaban J connectivity index is 2.36. The van der Waals surface area contributed by atoms with Crippen LogP contribution in [-0.4, -0.2) is 28.7 Å². The Morgan fingerprint density at radius 3 is 2.58 bits per heavy atom. The van der Waals surface area contributed by atoms with Crippen LogP contribution in [0.25, 0.3) is 0 Å². The summed E-state index contributed by atoms with van der Waals surface area (Å²) >= 11 is 3.30. The van der Waals surface area contributed by atoms with E-state index in [4.69, 9.17) is 0 Å². The highest BCUT2D eigenvalue weighted by atomic mass is 79.9. The molecular weight excluding hydrogens is 218 g/mol. The first-order valence-electron chi connectivity index (χ1n) is 4.58. The molecule has 0 bridgehead atoms. The van der Waals surface area contributed by atoms with Crippen molar-refractivity contribution in [1.29, 1.82) is 0 Å². The van der Waals surface area contributed by atoms with Crippen LogP contribution in [0.2, 0.25) is 0 Å². The van der Waals surface area contributed by atoms with Gasteiger partial charge >= 0.3 is 0 Å². The standard InChI is InChI=1S/C9H16BrNO/c1-3-11(6-8-4-5-8)9(12)7(2)10/h7-8H,3-6H2,1-2H3. The maximum Gasteiger partial charge on any atom is 0.236 e. The summed E-state index contributed by atoms with van der Waals surface area (Å²) in [7, 11) is 0. The molecule has 0 radical (unpaired) electrons. The topological polar surface area (TPSA) is 20.3 Å². The quantitative estimate of drug-likeness (QED) is 0.681. The van der Waals surface area contributed by atoms with E-state index in [1.807, 2.05) is 18.7 Å². The summed E-state index contributed by atoms with van der Waals surface area (Å²) in [6, 6.07) is 0. The summed E-state index contributed by atoms with van der Waals surface area (Å²) < 4.78 is 0. The van der Waals surface area contributed by atoms with Gasteiger partial charge in [-0.2, -0.15) is 0 Å². The zero-order valence-electron chi connectivity index (χ0n) is 7.72. The molecule has 1 aliphatic carbocycles. The number of carbonyl (C=O) groups is 1. The predicted octanol–water partition coefficient (Wildman–Crippen LogP) is 2.03. The Labute approximate surface area is 82.4 Å². The first kappa shape index (κ1) is 10.0. The Morgan fingerprint density at radius 2 is 2.25 bits per heavy atom. The fourth-order valence-electron chi connectivity index (χ4n) is 1.24. The van der Waals surface area contributed by atoms with Crippen LogP contribution >= 0.6 is 15.9 Å². The molecule has 2 nitrogen and oxygen atoms in total. The van der Waals surface area contributed by atoms with Crippen molar-refractivity contribution in [2.45, 2.75) is 31.5 Å². The molecule has 1 atom stereocenters. The van der Waals surface area contributed by atoms with Crippen LogP contribution in [0.5, 0.6) is 0 Å². The second-order valence-electron chi connectivity index (χ2n) is 3.44. The van der Waals surface area contributed by atoms with Crippen molar-refractivity contribution in [1.82, 2.24) is 4.90 Å². The maximum absolute atomic E-state index is 11.5. The molecule has 0 N–H and O–H groups in total. The van der Waals surface area contributed by atoms with Crippen LogP contribution in [0.15, 0.2) is 0 Å². The molecule has 70 valence electrons. The molecule has 1 saturated carbocycles. The third-order valence-electron chi connectivity index (χ3n) is 2.21. The van der Waals surface area contributed by atoms with Gasteiger partial charge in [-0.05, 0) is 32.6 Å². The monoisotopic (exact) mass is 233 g/mol. The second-order valence-corrected chi connectivity index (χ2v) is 4.81. The zero-order valence-corrected chi connectivity index (χ0v) is 9.30. The van der Waals surface area contributed by atoms with Gasteiger partial charge in [0.1, 0.15) is 0 Å². The Morgan fingerprint density at radius 1 is 1.67 bits per heavy atom. The van der Waals surface area contributed by atoms with Crippen LogP contribution < -0.4 is 0 Å². The first-order chi connectivity index (χ1) is 5.65. The fourth-order valence-corrected chi connectivity index (χ4v) is 1.53. The molecule has 0 aromatic carbocycles. The highest BCUT2D eigenvalue weighted by Gasteiger charge is 2.26. The van der Waals surface area contributed by atoms with Crippen molar-refractivity contribution >= 4 is 21.8 Å². The van der Waals surface area contributed by atoms with E-state index < -0.39 is 0 Å². The van der Waals surface area contributed by atoms with Crippen LogP contribution in [0.4, 0.5) is 0 Å². The van der Waals surface area contributed by atoms with E-state index in [2.05, 4.69) is 15.9 Å². The minimum Gasteiger partial charge on any atom is -0.342 e. The lowest BCUT2D eigenvalue weighted by Crippen LogP contribution is -2.36. The number of amides is 1. The van der Waals surface area contributed by atoms with Crippen LogP contribution in [0.3, 0.4) is 0 Å². The Hall–Kier alpha value is -0.0500. The SMILES string of the molecule is CCN(CC1CC1)C(=O)C(C)Br. The van der Waals surface area contributed by atoms with Gasteiger partial charge in [0.2, 0.25) is 5.91 Å². The van der Waals surface area contributed by atoms with E-state index in [0.717, 1.165) is 19.0 Å². The molecular formula is C9H16BrNO. The predicted molar refractivity (Wildman–Crippen MR) is 53.4 cm³/mol. The minimum absolute atomic E-state index is 0.0313. The summed E-state index contributed by atoms with van der Waals surface area (Å²) in [6.45, 7) is 5.73. The first-order valence-corrected chi connectivity index (χ1v) is 5.49. The van der Waals surface area contributed by atoms with Gasteiger partial charge in [-0.1, -0.05) is 15.9 Å². The third-order valence-corrected chi connectivity index (χ3v) is 2.60. The van der Waals surface area contributed by atoms with E-state index in [-0.39, 0.29) is 10.7 Å². The number of hydrogen-bond acceptors (Lipinski definition) is 1. The summed E-state index contributed by atoms with van der Waals surface area (Å²) in [5.74, 6) is 1.02.